The van der Waals surface area contributed by atoms with Crippen molar-refractivity contribution in [2.45, 2.75) is 44.5 Å². The molecular weight excluding hydrogens is 425 g/mol. The van der Waals surface area contributed by atoms with Gasteiger partial charge in [-0.3, -0.25) is 4.79 Å². The Hall–Kier alpha value is -2.78. The first-order chi connectivity index (χ1) is 14.6. The van der Waals surface area contributed by atoms with Gasteiger partial charge in [-0.05, 0) is 37.1 Å². The topological polar surface area (TPSA) is 59.0 Å². The molecule has 0 aromatic heterocycles. The average molecular weight is 447 g/mol. The molecule has 1 saturated heterocycles. The summed E-state index contributed by atoms with van der Waals surface area (Å²) in [7, 11) is 0. The first-order valence-electron chi connectivity index (χ1n) is 9.75. The van der Waals surface area contributed by atoms with Gasteiger partial charge in [-0.2, -0.15) is 22.0 Å². The van der Waals surface area contributed by atoms with Crippen LogP contribution in [0.4, 0.5) is 27.6 Å². The Bertz CT molecular complexity index is 835. The number of nitrogens with zero attached hydrogens (tertiary/aromatic N) is 1. The van der Waals surface area contributed by atoms with Gasteiger partial charge in [0.1, 0.15) is 18.1 Å². The number of alkyl halides is 5. The Labute approximate surface area is 175 Å². The van der Waals surface area contributed by atoms with E-state index in [2.05, 4.69) is 4.74 Å². The summed E-state index contributed by atoms with van der Waals surface area (Å²) in [5, 5.41) is 9.05. The summed E-state index contributed by atoms with van der Waals surface area (Å²) in [6, 6.07) is 5.46. The Morgan fingerprint density at radius 1 is 1.23 bits per heavy atom. The second-order valence-corrected chi connectivity index (χ2v) is 7.43. The number of carbonyl (C=O) groups is 1. The highest BCUT2D eigenvalue weighted by atomic mass is 19.4. The minimum absolute atomic E-state index is 0.000594. The second kappa shape index (κ2) is 9.57. The number of allylic oxidation sites excluding steroid dienone is 2. The third-order valence-corrected chi connectivity index (χ3v) is 5.30. The minimum Gasteiger partial charge on any atom is -0.489 e. The standard InChI is InChI=1S/C21H22F5NO4/c22-20(23)31-18-4-2-1-3-13(18)12-30-17-7-5-15(6-8-17)27-11-14(21(24,25)26)9-16(27)10-19(28)29/h1,3,5-8,14,16,20H,2,4,9-12H2,(H,28,29). The van der Waals surface area contributed by atoms with Crippen molar-refractivity contribution < 1.29 is 41.3 Å². The van der Waals surface area contributed by atoms with Crippen LogP contribution in [0.1, 0.15) is 25.7 Å². The largest absolute Gasteiger partial charge is 0.489 e. The van der Waals surface area contributed by atoms with Crippen LogP contribution in [0.15, 0.2) is 47.7 Å². The predicted molar refractivity (Wildman–Crippen MR) is 102 cm³/mol. The molecule has 3 rings (SSSR count). The van der Waals surface area contributed by atoms with E-state index in [9.17, 15) is 26.7 Å². The van der Waals surface area contributed by atoms with Crippen molar-refractivity contribution in [3.63, 3.8) is 0 Å². The number of aliphatic carboxylic acids is 1. The molecule has 0 bridgehead atoms. The van der Waals surface area contributed by atoms with Crippen LogP contribution in [0.25, 0.3) is 0 Å². The highest BCUT2D eigenvalue weighted by molar-refractivity contribution is 5.69. The van der Waals surface area contributed by atoms with Gasteiger partial charge in [0.25, 0.3) is 0 Å². The molecule has 170 valence electrons. The highest BCUT2D eigenvalue weighted by Crippen LogP contribution is 2.40. The number of anilines is 1. The summed E-state index contributed by atoms with van der Waals surface area (Å²) < 4.78 is 74.7. The lowest BCUT2D eigenvalue weighted by Gasteiger charge is -2.26. The van der Waals surface area contributed by atoms with Crippen molar-refractivity contribution in [1.82, 2.24) is 0 Å². The van der Waals surface area contributed by atoms with Gasteiger partial charge in [0.05, 0.1) is 12.3 Å². The maximum atomic E-state index is 13.2. The van der Waals surface area contributed by atoms with E-state index in [4.69, 9.17) is 9.84 Å². The lowest BCUT2D eigenvalue weighted by atomic mass is 10.0. The van der Waals surface area contributed by atoms with Gasteiger partial charge in [-0.25, -0.2) is 0 Å². The van der Waals surface area contributed by atoms with Crippen LogP contribution in [-0.2, 0) is 9.53 Å². The van der Waals surface area contributed by atoms with E-state index in [0.29, 0.717) is 29.9 Å². The monoisotopic (exact) mass is 447 g/mol. The maximum absolute atomic E-state index is 13.2. The quantitative estimate of drug-likeness (QED) is 0.560. The molecule has 1 fully saturated rings. The molecule has 1 aliphatic carbocycles. The van der Waals surface area contributed by atoms with E-state index < -0.39 is 37.1 Å². The Morgan fingerprint density at radius 2 is 1.94 bits per heavy atom. The summed E-state index contributed by atoms with van der Waals surface area (Å²) in [6.07, 6.45) is -0.639. The number of ether oxygens (including phenoxy) is 2. The van der Waals surface area contributed by atoms with E-state index in [1.807, 2.05) is 6.08 Å². The van der Waals surface area contributed by atoms with Crippen molar-refractivity contribution in [2.75, 3.05) is 18.1 Å². The van der Waals surface area contributed by atoms with Crippen molar-refractivity contribution in [3.8, 4) is 5.75 Å². The van der Waals surface area contributed by atoms with Crippen LogP contribution in [0.5, 0.6) is 5.75 Å². The summed E-state index contributed by atoms with van der Waals surface area (Å²) in [5.74, 6) is -2.19. The fraction of sp³-hybridized carbons (Fsp3) is 0.476. The van der Waals surface area contributed by atoms with Gasteiger partial charge in [0.15, 0.2) is 0 Å². The molecule has 0 radical (unpaired) electrons. The van der Waals surface area contributed by atoms with E-state index in [1.165, 1.54) is 4.90 Å². The van der Waals surface area contributed by atoms with Crippen LogP contribution in [0.2, 0.25) is 0 Å². The fourth-order valence-electron chi connectivity index (χ4n) is 3.82. The molecule has 2 unspecified atom stereocenters. The zero-order valence-corrected chi connectivity index (χ0v) is 16.4. The predicted octanol–water partition coefficient (Wildman–Crippen LogP) is 5.14. The summed E-state index contributed by atoms with van der Waals surface area (Å²) in [4.78, 5) is 12.5. The smallest absolute Gasteiger partial charge is 0.393 e. The molecule has 31 heavy (non-hydrogen) atoms. The molecule has 0 spiro atoms. The van der Waals surface area contributed by atoms with Crippen LogP contribution in [0.3, 0.4) is 0 Å². The first-order valence-corrected chi connectivity index (χ1v) is 9.75. The lowest BCUT2D eigenvalue weighted by Crippen LogP contribution is -2.32. The van der Waals surface area contributed by atoms with Gasteiger partial charge < -0.3 is 19.5 Å². The van der Waals surface area contributed by atoms with Crippen LogP contribution in [0, 0.1) is 5.92 Å². The van der Waals surface area contributed by atoms with Crippen LogP contribution >= 0.6 is 0 Å². The number of hydrogen-bond donors (Lipinski definition) is 1. The van der Waals surface area contributed by atoms with E-state index >= 15 is 0 Å². The van der Waals surface area contributed by atoms with Gasteiger partial charge in [0, 0.05) is 30.3 Å². The van der Waals surface area contributed by atoms with E-state index in [1.54, 1.807) is 30.3 Å². The van der Waals surface area contributed by atoms with Gasteiger partial charge >= 0.3 is 18.8 Å². The molecule has 1 aliphatic heterocycles. The maximum Gasteiger partial charge on any atom is 0.393 e. The molecule has 10 heteroatoms. The fourth-order valence-corrected chi connectivity index (χ4v) is 3.82. The zero-order valence-electron chi connectivity index (χ0n) is 16.4. The molecule has 2 aliphatic rings. The van der Waals surface area contributed by atoms with Crippen LogP contribution in [-0.4, -0.2) is 43.1 Å². The van der Waals surface area contributed by atoms with Gasteiger partial charge in [0.2, 0.25) is 0 Å². The average Bonchev–Trinajstić information content (AvgIpc) is 3.11. The van der Waals surface area contributed by atoms with Gasteiger partial charge in [-0.15, -0.1) is 0 Å². The molecule has 1 aromatic carbocycles. The number of hydrogen-bond acceptors (Lipinski definition) is 4. The molecular formula is C21H22F5NO4. The van der Waals surface area contributed by atoms with Crippen molar-refractivity contribution in [1.29, 1.82) is 0 Å². The van der Waals surface area contributed by atoms with E-state index in [0.717, 1.165) is 0 Å². The number of carboxylic acids is 1. The molecule has 5 nitrogen and oxygen atoms in total. The Morgan fingerprint density at radius 3 is 2.55 bits per heavy atom. The van der Waals surface area contributed by atoms with Crippen LogP contribution < -0.4 is 9.64 Å². The second-order valence-electron chi connectivity index (χ2n) is 7.43. The highest BCUT2D eigenvalue weighted by Gasteiger charge is 2.47. The molecule has 0 amide bonds. The Balaban J connectivity index is 1.68. The molecule has 1 heterocycles. The summed E-state index contributed by atoms with van der Waals surface area (Å²) in [5.41, 5.74) is 0.952. The van der Waals surface area contributed by atoms with Crippen molar-refractivity contribution >= 4 is 11.7 Å². The zero-order chi connectivity index (χ0) is 22.6. The van der Waals surface area contributed by atoms with Crippen molar-refractivity contribution in [2.24, 2.45) is 5.92 Å². The summed E-state index contributed by atoms with van der Waals surface area (Å²) in [6.45, 7) is -3.23. The number of benzene rings is 1. The third kappa shape index (κ3) is 6.11. The van der Waals surface area contributed by atoms with Gasteiger partial charge in [-0.1, -0.05) is 12.2 Å². The number of halogens is 5. The lowest BCUT2D eigenvalue weighted by molar-refractivity contribution is -0.169. The normalized spacial score (nSPS) is 21.7. The third-order valence-electron chi connectivity index (χ3n) is 5.30. The molecule has 1 aromatic rings. The van der Waals surface area contributed by atoms with E-state index in [-0.39, 0.29) is 25.3 Å². The SMILES string of the molecule is O=C(O)CC1CC(C(F)(F)F)CN1c1ccc(OCC2=C(OC(F)F)CCC=C2)cc1. The Kier molecular flexibility index (Phi) is 7.07. The first kappa shape index (κ1) is 22.9. The number of rotatable bonds is 8. The minimum atomic E-state index is -4.40. The van der Waals surface area contributed by atoms with Crippen molar-refractivity contribution in [3.05, 3.63) is 47.7 Å². The molecule has 0 saturated carbocycles. The number of carboxylic acid groups (broad SMARTS) is 1. The summed E-state index contributed by atoms with van der Waals surface area (Å²) >= 11 is 0. The molecule has 2 atom stereocenters. The molecule has 1 N–H and O–H groups in total.